The van der Waals surface area contributed by atoms with Gasteiger partial charge in [-0.15, -0.1) is 11.6 Å². The number of fused-ring (bicyclic) bond motifs is 1. The first-order valence-electron chi connectivity index (χ1n) is 12.2. The normalized spacial score (nSPS) is 17.8. The Hall–Kier alpha value is -2.77. The molecule has 0 saturated carbocycles. The number of carbonyl (C=O) groups excluding carboxylic acids is 1. The van der Waals surface area contributed by atoms with Crippen LogP contribution in [0.1, 0.15) is 92.8 Å². The average Bonchev–Trinajstić information content (AvgIpc) is 2.79. The van der Waals surface area contributed by atoms with E-state index in [9.17, 15) is 14.7 Å². The molecule has 1 aliphatic heterocycles. The number of ketones is 1. The number of benzene rings is 2. The van der Waals surface area contributed by atoms with Gasteiger partial charge in [-0.25, -0.2) is 0 Å². The van der Waals surface area contributed by atoms with Crippen LogP contribution < -0.4 is 15.6 Å². The molecule has 2 unspecified atom stereocenters. The van der Waals surface area contributed by atoms with E-state index in [0.717, 1.165) is 11.1 Å². The van der Waals surface area contributed by atoms with Crippen LogP contribution in [0.15, 0.2) is 30.3 Å². The van der Waals surface area contributed by atoms with E-state index < -0.39 is 16.9 Å². The highest BCUT2D eigenvalue weighted by atomic mass is 35.5. The van der Waals surface area contributed by atoms with E-state index in [1.165, 1.54) is 0 Å². The highest BCUT2D eigenvalue weighted by molar-refractivity contribution is 6.29. The predicted molar refractivity (Wildman–Crippen MR) is 141 cm³/mol. The molecule has 0 spiro atoms. The highest BCUT2D eigenvalue weighted by Crippen LogP contribution is 2.46. The van der Waals surface area contributed by atoms with Crippen LogP contribution in [0.3, 0.4) is 0 Å². The largest absolute Gasteiger partial charge is 0.507 e. The lowest BCUT2D eigenvalue weighted by Crippen LogP contribution is -2.43. The summed E-state index contributed by atoms with van der Waals surface area (Å²) >= 11 is 5.82. The first-order valence-corrected chi connectivity index (χ1v) is 12.6. The number of carboxylic acid groups (broad SMARTS) is 1. The van der Waals surface area contributed by atoms with Crippen molar-refractivity contribution in [2.45, 2.75) is 83.1 Å². The molecule has 8 heteroatoms. The van der Waals surface area contributed by atoms with Gasteiger partial charge in [0.25, 0.3) is 0 Å². The Balaban J connectivity index is 0.00000456. The minimum absolute atomic E-state index is 0. The maximum Gasteiger partial charge on any atom is 0.321 e. The van der Waals surface area contributed by atoms with E-state index in [2.05, 4.69) is 0 Å². The molecule has 0 amide bonds. The fourth-order valence-corrected chi connectivity index (χ4v) is 4.77. The van der Waals surface area contributed by atoms with Crippen LogP contribution in [0, 0.1) is 0 Å². The number of rotatable bonds is 10. The first-order chi connectivity index (χ1) is 16.5. The Labute approximate surface area is 218 Å². The van der Waals surface area contributed by atoms with Crippen molar-refractivity contribution in [3.8, 4) is 17.2 Å². The average molecular weight is 520 g/mol. The van der Waals surface area contributed by atoms with Crippen molar-refractivity contribution in [1.29, 1.82) is 0 Å². The third-order valence-electron chi connectivity index (χ3n) is 6.70. The van der Waals surface area contributed by atoms with Gasteiger partial charge in [0.05, 0.1) is 18.6 Å². The van der Waals surface area contributed by atoms with Crippen LogP contribution in [0.25, 0.3) is 0 Å². The van der Waals surface area contributed by atoms with Gasteiger partial charge in [-0.2, -0.15) is 0 Å². The molecule has 1 aliphatic rings. The Morgan fingerprint density at radius 1 is 1.17 bits per heavy atom. The Morgan fingerprint density at radius 2 is 1.81 bits per heavy atom. The van der Waals surface area contributed by atoms with Crippen LogP contribution in [0.2, 0.25) is 0 Å². The zero-order valence-electron chi connectivity index (χ0n) is 21.8. The standard InChI is InChI=1S/C28H35ClO6.H3N/c1-6-28(11-12-34-19-9-7-18(8-10-19)13-21(29)27(32)33)15-22(30)25-23(35-28)14-20(16(2)3)26(31)24(25)17(4)5;/h7-10,14,16-17,21,31H,6,11-13,15H2,1-5H3,(H,32,33);1H3. The van der Waals surface area contributed by atoms with Gasteiger partial charge in [0.15, 0.2) is 5.78 Å². The van der Waals surface area contributed by atoms with Crippen molar-refractivity contribution in [2.75, 3.05) is 6.61 Å². The molecule has 2 atom stereocenters. The summed E-state index contributed by atoms with van der Waals surface area (Å²) in [6.07, 6.45) is 1.62. The van der Waals surface area contributed by atoms with Crippen molar-refractivity contribution >= 4 is 23.4 Å². The molecule has 2 aromatic carbocycles. The predicted octanol–water partition coefficient (Wildman–Crippen LogP) is 6.62. The fraction of sp³-hybridized carbons (Fsp3) is 0.500. The quantitative estimate of drug-likeness (QED) is 0.301. The number of Topliss-reactive ketones (excluding diaryl/α,β-unsaturated/α-hetero) is 1. The zero-order chi connectivity index (χ0) is 25.9. The third kappa shape index (κ3) is 6.31. The van der Waals surface area contributed by atoms with Crippen LogP contribution in [0.5, 0.6) is 17.2 Å². The molecule has 5 N–H and O–H groups in total. The molecule has 0 bridgehead atoms. The van der Waals surface area contributed by atoms with Crippen LogP contribution >= 0.6 is 11.6 Å². The number of phenols is 1. The fourth-order valence-electron chi connectivity index (χ4n) is 4.59. The Bertz CT molecular complexity index is 1080. The smallest absolute Gasteiger partial charge is 0.321 e. The van der Waals surface area contributed by atoms with Crippen LogP contribution in [0.4, 0.5) is 0 Å². The second-order valence-electron chi connectivity index (χ2n) is 9.90. The summed E-state index contributed by atoms with van der Waals surface area (Å²) in [4.78, 5) is 24.3. The van der Waals surface area contributed by atoms with Gasteiger partial charge in [0, 0.05) is 17.5 Å². The number of hydrogen-bond donors (Lipinski definition) is 3. The van der Waals surface area contributed by atoms with Gasteiger partial charge in [-0.3, -0.25) is 9.59 Å². The van der Waals surface area contributed by atoms with E-state index in [1.807, 2.05) is 40.7 Å². The number of aliphatic carboxylic acids is 1. The Morgan fingerprint density at radius 3 is 2.33 bits per heavy atom. The van der Waals surface area contributed by atoms with Crippen molar-refractivity contribution in [3.63, 3.8) is 0 Å². The molecular formula is C28H38ClNO6. The summed E-state index contributed by atoms with van der Waals surface area (Å²) in [5, 5.41) is 18.9. The van der Waals surface area contributed by atoms with Crippen molar-refractivity contribution in [1.82, 2.24) is 6.15 Å². The molecule has 0 aliphatic carbocycles. The zero-order valence-corrected chi connectivity index (χ0v) is 22.5. The lowest BCUT2D eigenvalue weighted by atomic mass is 9.80. The number of carbonyl (C=O) groups is 2. The molecule has 0 aromatic heterocycles. The number of hydrogen-bond acceptors (Lipinski definition) is 6. The number of halogens is 1. The highest BCUT2D eigenvalue weighted by Gasteiger charge is 2.41. The van der Waals surface area contributed by atoms with E-state index >= 15 is 0 Å². The molecule has 1 heterocycles. The number of ether oxygens (including phenoxy) is 2. The second-order valence-corrected chi connectivity index (χ2v) is 10.4. The SMILES string of the molecule is CCC1(CCOc2ccc(CC(Cl)C(=O)O)cc2)CC(=O)c2c(cc(C(C)C)c(O)c2C(C)C)O1.N. The van der Waals surface area contributed by atoms with Gasteiger partial charge < -0.3 is 25.8 Å². The van der Waals surface area contributed by atoms with Crippen LogP contribution in [-0.4, -0.2) is 39.6 Å². The molecule has 7 nitrogen and oxygen atoms in total. The number of alkyl halides is 1. The monoisotopic (exact) mass is 519 g/mol. The van der Waals surface area contributed by atoms with E-state index in [-0.39, 0.29) is 42.4 Å². The number of carboxylic acids is 1. The van der Waals surface area contributed by atoms with Gasteiger partial charge in [-0.05, 0) is 48.4 Å². The van der Waals surface area contributed by atoms with Gasteiger partial charge >= 0.3 is 5.97 Å². The molecular weight excluding hydrogens is 482 g/mol. The van der Waals surface area contributed by atoms with Crippen molar-refractivity contribution < 1.29 is 29.3 Å². The van der Waals surface area contributed by atoms with Gasteiger partial charge in [0.2, 0.25) is 0 Å². The molecule has 0 saturated heterocycles. The van der Waals surface area contributed by atoms with Crippen LogP contribution in [-0.2, 0) is 11.2 Å². The Kier molecular flexibility index (Phi) is 9.80. The summed E-state index contributed by atoms with van der Waals surface area (Å²) in [6, 6.07) is 8.99. The summed E-state index contributed by atoms with van der Waals surface area (Å²) in [7, 11) is 0. The van der Waals surface area contributed by atoms with Gasteiger partial charge in [0.1, 0.15) is 28.2 Å². The summed E-state index contributed by atoms with van der Waals surface area (Å²) < 4.78 is 12.4. The van der Waals surface area contributed by atoms with Gasteiger partial charge in [-0.1, -0.05) is 46.8 Å². The lowest BCUT2D eigenvalue weighted by Gasteiger charge is -2.39. The lowest BCUT2D eigenvalue weighted by molar-refractivity contribution is -0.136. The second kappa shape index (κ2) is 12.0. The summed E-state index contributed by atoms with van der Waals surface area (Å²) in [5.41, 5.74) is 2.08. The first kappa shape index (κ1) is 29.5. The number of phenolic OH excluding ortho intramolecular Hbond substituents is 1. The van der Waals surface area contributed by atoms with E-state index in [0.29, 0.717) is 42.1 Å². The van der Waals surface area contributed by atoms with Crippen molar-refractivity contribution in [3.05, 3.63) is 52.6 Å². The molecule has 0 radical (unpaired) electrons. The topological polar surface area (TPSA) is 128 Å². The minimum Gasteiger partial charge on any atom is -0.507 e. The maximum atomic E-state index is 13.3. The third-order valence-corrected chi connectivity index (χ3v) is 7.04. The molecule has 0 fully saturated rings. The molecule has 36 heavy (non-hydrogen) atoms. The van der Waals surface area contributed by atoms with E-state index in [4.69, 9.17) is 26.2 Å². The van der Waals surface area contributed by atoms with Crippen molar-refractivity contribution in [2.24, 2.45) is 0 Å². The van der Waals surface area contributed by atoms with E-state index in [1.54, 1.807) is 24.3 Å². The maximum absolute atomic E-state index is 13.3. The summed E-state index contributed by atoms with van der Waals surface area (Å²) in [5.74, 6) is 0.415. The molecule has 2 aromatic rings. The summed E-state index contributed by atoms with van der Waals surface area (Å²) in [6.45, 7) is 10.3. The molecule has 3 rings (SSSR count). The number of aromatic hydroxyl groups is 1. The minimum atomic E-state index is -1.04. The molecule has 198 valence electrons.